The fraction of sp³-hybridized carbons (Fsp3) is 0.417. The molecular formula is C12H16ClN3S. The molecule has 17 heavy (non-hydrogen) atoms. The first-order valence-electron chi connectivity index (χ1n) is 5.73. The van der Waals surface area contributed by atoms with Gasteiger partial charge in [-0.15, -0.1) is 11.3 Å². The molecule has 0 unspecified atom stereocenters. The van der Waals surface area contributed by atoms with E-state index in [1.54, 1.807) is 11.3 Å². The molecule has 92 valence electrons. The molecule has 2 N–H and O–H groups in total. The van der Waals surface area contributed by atoms with Gasteiger partial charge in [0.25, 0.3) is 0 Å². The van der Waals surface area contributed by atoms with E-state index in [0.717, 1.165) is 40.8 Å². The highest BCUT2D eigenvalue weighted by molar-refractivity contribution is 7.16. The Morgan fingerprint density at radius 1 is 1.35 bits per heavy atom. The van der Waals surface area contributed by atoms with Crippen LogP contribution in [0.25, 0.3) is 0 Å². The van der Waals surface area contributed by atoms with E-state index in [-0.39, 0.29) is 0 Å². The van der Waals surface area contributed by atoms with Crippen molar-refractivity contribution < 1.29 is 0 Å². The maximum atomic E-state index is 6.08. The Morgan fingerprint density at radius 3 is 2.65 bits per heavy atom. The third-order valence-electron chi connectivity index (χ3n) is 2.78. The molecule has 0 aromatic carbocycles. The number of hydrogen-bond donors (Lipinski definition) is 1. The molecule has 0 bridgehead atoms. The topological polar surface area (TPSA) is 43.8 Å². The predicted molar refractivity (Wildman–Crippen MR) is 73.8 cm³/mol. The van der Waals surface area contributed by atoms with E-state index >= 15 is 0 Å². The summed E-state index contributed by atoms with van der Waals surface area (Å²) in [5, 5.41) is 4.56. The zero-order valence-electron chi connectivity index (χ0n) is 10.0. The molecule has 2 aromatic rings. The van der Waals surface area contributed by atoms with Crippen molar-refractivity contribution in [2.45, 2.75) is 33.2 Å². The molecule has 0 saturated heterocycles. The van der Waals surface area contributed by atoms with Crippen LogP contribution in [0.15, 0.2) is 12.1 Å². The molecule has 3 nitrogen and oxygen atoms in total. The molecule has 0 amide bonds. The Kier molecular flexibility index (Phi) is 3.74. The van der Waals surface area contributed by atoms with Gasteiger partial charge in [-0.05, 0) is 25.0 Å². The van der Waals surface area contributed by atoms with Crippen molar-refractivity contribution >= 4 is 28.6 Å². The van der Waals surface area contributed by atoms with Gasteiger partial charge in [0.05, 0.1) is 28.0 Å². The molecule has 2 heterocycles. The molecule has 0 aliphatic heterocycles. The van der Waals surface area contributed by atoms with E-state index in [1.165, 1.54) is 4.88 Å². The summed E-state index contributed by atoms with van der Waals surface area (Å²) in [4.78, 5) is 1.20. The average molecular weight is 270 g/mol. The minimum absolute atomic E-state index is 0.755. The maximum Gasteiger partial charge on any atom is 0.0931 e. The monoisotopic (exact) mass is 269 g/mol. The van der Waals surface area contributed by atoms with E-state index in [2.05, 4.69) is 18.9 Å². The SMILES string of the molecule is CCc1nn(Cc2ccc(Cl)s2)c(CC)c1N. The number of aromatic nitrogens is 2. The number of anilines is 1. The average Bonchev–Trinajstić information content (AvgIpc) is 2.83. The van der Waals surface area contributed by atoms with Crippen molar-refractivity contribution in [2.75, 3.05) is 5.73 Å². The van der Waals surface area contributed by atoms with E-state index in [9.17, 15) is 0 Å². The largest absolute Gasteiger partial charge is 0.396 e. The quantitative estimate of drug-likeness (QED) is 0.925. The minimum Gasteiger partial charge on any atom is -0.396 e. The van der Waals surface area contributed by atoms with Gasteiger partial charge in [0.15, 0.2) is 0 Å². The summed E-state index contributed by atoms with van der Waals surface area (Å²) in [6, 6.07) is 3.96. The second-order valence-corrected chi connectivity index (χ2v) is 5.68. The summed E-state index contributed by atoms with van der Waals surface area (Å²) in [6.07, 6.45) is 1.77. The number of nitrogen functional groups attached to an aromatic ring is 1. The summed E-state index contributed by atoms with van der Waals surface area (Å²) < 4.78 is 2.81. The summed E-state index contributed by atoms with van der Waals surface area (Å²) in [5.74, 6) is 0. The fourth-order valence-corrected chi connectivity index (χ4v) is 2.98. The van der Waals surface area contributed by atoms with Gasteiger partial charge in [-0.3, -0.25) is 4.68 Å². The van der Waals surface area contributed by atoms with E-state index in [0.29, 0.717) is 0 Å². The Hall–Kier alpha value is -1.00. The molecule has 0 radical (unpaired) electrons. The standard InChI is InChI=1S/C12H16ClN3S/c1-3-9-12(14)10(4-2)16(15-9)7-8-5-6-11(13)17-8/h5-6H,3-4,7,14H2,1-2H3. The van der Waals surface area contributed by atoms with Crippen LogP contribution in [0.4, 0.5) is 5.69 Å². The molecule has 0 atom stereocenters. The van der Waals surface area contributed by atoms with Crippen LogP contribution in [-0.4, -0.2) is 9.78 Å². The van der Waals surface area contributed by atoms with Crippen LogP contribution in [0.3, 0.4) is 0 Å². The Bertz CT molecular complexity index is 516. The summed E-state index contributed by atoms with van der Waals surface area (Å²) >= 11 is 7.52. The third-order valence-corrected chi connectivity index (χ3v) is 3.99. The Morgan fingerprint density at radius 2 is 2.12 bits per heavy atom. The van der Waals surface area contributed by atoms with Gasteiger partial charge in [-0.1, -0.05) is 25.4 Å². The van der Waals surface area contributed by atoms with E-state index in [4.69, 9.17) is 17.3 Å². The van der Waals surface area contributed by atoms with Gasteiger partial charge in [0, 0.05) is 4.88 Å². The molecule has 0 spiro atoms. The van der Waals surface area contributed by atoms with E-state index < -0.39 is 0 Å². The third kappa shape index (κ3) is 2.48. The number of nitrogens with zero attached hydrogens (tertiary/aromatic N) is 2. The number of aryl methyl sites for hydroxylation is 1. The highest BCUT2D eigenvalue weighted by Crippen LogP contribution is 2.24. The Labute approximate surface area is 110 Å². The van der Waals surface area contributed by atoms with Gasteiger partial charge in [-0.2, -0.15) is 5.10 Å². The van der Waals surface area contributed by atoms with Crippen LogP contribution in [0.2, 0.25) is 4.34 Å². The second-order valence-electron chi connectivity index (χ2n) is 3.88. The van der Waals surface area contributed by atoms with E-state index in [1.807, 2.05) is 16.8 Å². The molecule has 0 aliphatic rings. The van der Waals surface area contributed by atoms with Crippen molar-refractivity contribution in [3.05, 3.63) is 32.7 Å². The highest BCUT2D eigenvalue weighted by atomic mass is 35.5. The molecule has 2 rings (SSSR count). The van der Waals surface area contributed by atoms with Crippen LogP contribution in [0, 0.1) is 0 Å². The molecule has 0 aliphatic carbocycles. The zero-order valence-corrected chi connectivity index (χ0v) is 11.6. The van der Waals surface area contributed by atoms with Crippen LogP contribution in [-0.2, 0) is 19.4 Å². The van der Waals surface area contributed by atoms with Crippen molar-refractivity contribution in [3.8, 4) is 0 Å². The number of halogens is 1. The van der Waals surface area contributed by atoms with Gasteiger partial charge < -0.3 is 5.73 Å². The first-order valence-corrected chi connectivity index (χ1v) is 6.93. The second kappa shape index (κ2) is 5.10. The predicted octanol–water partition coefficient (Wildman–Crippen LogP) is 3.35. The van der Waals surface area contributed by atoms with Gasteiger partial charge in [0.2, 0.25) is 0 Å². The summed E-state index contributed by atoms with van der Waals surface area (Å²) in [6.45, 7) is 4.93. The molecule has 5 heteroatoms. The Balaban J connectivity index is 2.32. The molecule has 0 saturated carbocycles. The normalized spacial score (nSPS) is 11.0. The molecular weight excluding hydrogens is 254 g/mol. The highest BCUT2D eigenvalue weighted by Gasteiger charge is 2.13. The van der Waals surface area contributed by atoms with Gasteiger partial charge in [0.1, 0.15) is 0 Å². The number of hydrogen-bond acceptors (Lipinski definition) is 3. The molecule has 2 aromatic heterocycles. The first kappa shape index (κ1) is 12.5. The number of thiophene rings is 1. The fourth-order valence-electron chi connectivity index (χ4n) is 1.91. The summed E-state index contributed by atoms with van der Waals surface area (Å²) in [5.41, 5.74) is 9.03. The van der Waals surface area contributed by atoms with Crippen molar-refractivity contribution in [1.82, 2.24) is 9.78 Å². The van der Waals surface area contributed by atoms with Gasteiger partial charge in [-0.25, -0.2) is 0 Å². The lowest BCUT2D eigenvalue weighted by atomic mass is 10.2. The maximum absolute atomic E-state index is 6.08. The van der Waals surface area contributed by atoms with Crippen LogP contribution in [0.1, 0.15) is 30.1 Å². The molecule has 0 fully saturated rings. The van der Waals surface area contributed by atoms with Crippen molar-refractivity contribution in [1.29, 1.82) is 0 Å². The lowest BCUT2D eigenvalue weighted by Crippen LogP contribution is -2.05. The van der Waals surface area contributed by atoms with Crippen molar-refractivity contribution in [2.24, 2.45) is 0 Å². The minimum atomic E-state index is 0.755. The number of nitrogens with two attached hydrogens (primary N) is 1. The lowest BCUT2D eigenvalue weighted by molar-refractivity contribution is 0.647. The van der Waals surface area contributed by atoms with Crippen molar-refractivity contribution in [3.63, 3.8) is 0 Å². The van der Waals surface area contributed by atoms with Crippen LogP contribution >= 0.6 is 22.9 Å². The smallest absolute Gasteiger partial charge is 0.0931 e. The lowest BCUT2D eigenvalue weighted by Gasteiger charge is -2.04. The number of rotatable bonds is 4. The van der Waals surface area contributed by atoms with Crippen LogP contribution < -0.4 is 5.73 Å². The zero-order chi connectivity index (χ0) is 12.4. The first-order chi connectivity index (χ1) is 8.15. The summed E-state index contributed by atoms with van der Waals surface area (Å²) in [7, 11) is 0. The van der Waals surface area contributed by atoms with Gasteiger partial charge >= 0.3 is 0 Å². The van der Waals surface area contributed by atoms with Crippen LogP contribution in [0.5, 0.6) is 0 Å².